The molecule has 9 nitrogen and oxygen atoms in total. The van der Waals surface area contributed by atoms with Crippen molar-refractivity contribution in [3.8, 4) is 28.5 Å². The summed E-state index contributed by atoms with van der Waals surface area (Å²) < 4.78 is 22.7. The number of thiazole rings is 1. The van der Waals surface area contributed by atoms with E-state index in [2.05, 4.69) is 10.3 Å². The minimum absolute atomic E-state index is 0.270. The quantitative estimate of drug-likeness (QED) is 0.269. The summed E-state index contributed by atoms with van der Waals surface area (Å²) in [4.78, 5) is 34.8. The molecular weight excluding hydrogens is 506 g/mol. The highest BCUT2D eigenvalue weighted by Crippen LogP contribution is 2.41. The van der Waals surface area contributed by atoms with Crippen molar-refractivity contribution < 1.29 is 28.5 Å². The highest BCUT2D eigenvalue weighted by molar-refractivity contribution is 7.22. The molecule has 0 atom stereocenters. The summed E-state index contributed by atoms with van der Waals surface area (Å²) in [5, 5.41) is 3.72. The predicted octanol–water partition coefficient (Wildman–Crippen LogP) is 5.33. The number of carbonyl (C=O) groups is 2. The maximum absolute atomic E-state index is 13.2. The van der Waals surface area contributed by atoms with Crippen LogP contribution in [0.15, 0.2) is 66.7 Å². The minimum Gasteiger partial charge on any atom is -0.493 e. The van der Waals surface area contributed by atoms with Gasteiger partial charge in [0.2, 0.25) is 5.75 Å². The lowest BCUT2D eigenvalue weighted by molar-refractivity contribution is -0.119. The number of hydrogen-bond donors (Lipinski definition) is 1. The van der Waals surface area contributed by atoms with E-state index in [9.17, 15) is 9.59 Å². The number of rotatable bonds is 8. The van der Waals surface area contributed by atoms with Crippen molar-refractivity contribution in [2.75, 3.05) is 33.3 Å². The normalized spacial score (nSPS) is 10.8. The number of pyridine rings is 1. The number of benzene rings is 3. The third kappa shape index (κ3) is 4.94. The van der Waals surface area contributed by atoms with Crippen molar-refractivity contribution in [2.24, 2.45) is 0 Å². The molecule has 10 heteroatoms. The van der Waals surface area contributed by atoms with Gasteiger partial charge in [0.25, 0.3) is 5.91 Å². The number of nitrogens with one attached hydrogen (secondary N) is 1. The van der Waals surface area contributed by atoms with Crippen LogP contribution in [-0.4, -0.2) is 49.8 Å². The number of amides is 1. The molecule has 5 aromatic rings. The van der Waals surface area contributed by atoms with Gasteiger partial charge in [0, 0.05) is 10.9 Å². The third-order valence-electron chi connectivity index (χ3n) is 5.77. The lowest BCUT2D eigenvalue weighted by Crippen LogP contribution is -2.21. The molecule has 0 saturated heterocycles. The van der Waals surface area contributed by atoms with Crippen molar-refractivity contribution in [2.45, 2.75) is 0 Å². The number of fused-ring (bicyclic) bond motifs is 2. The van der Waals surface area contributed by atoms with Gasteiger partial charge in [-0.05, 0) is 36.4 Å². The van der Waals surface area contributed by atoms with Gasteiger partial charge in [0.1, 0.15) is 0 Å². The molecule has 0 aliphatic heterocycles. The number of methoxy groups -OCH3 is 3. The Morgan fingerprint density at radius 3 is 2.21 bits per heavy atom. The average molecular weight is 530 g/mol. The Kier molecular flexibility index (Phi) is 7.05. The standard InChI is InChI=1S/C28H23N3O6S/c1-34-22-12-16(13-23(35-2)26(22)36-3)21-14-18(17-8-4-5-9-19(17)29-21)27(33)37-15-25(32)31-28-30-20-10-6-7-11-24(20)38-28/h4-14H,15H2,1-3H3,(H,30,31,32). The first-order chi connectivity index (χ1) is 18.5. The fourth-order valence-electron chi connectivity index (χ4n) is 4.01. The summed E-state index contributed by atoms with van der Waals surface area (Å²) in [6.45, 7) is -0.467. The molecule has 0 saturated carbocycles. The first kappa shape index (κ1) is 25.0. The number of ether oxygens (including phenoxy) is 4. The van der Waals surface area contributed by atoms with Gasteiger partial charge >= 0.3 is 5.97 Å². The molecule has 192 valence electrons. The van der Waals surface area contributed by atoms with E-state index < -0.39 is 18.5 Å². The lowest BCUT2D eigenvalue weighted by Gasteiger charge is -2.15. The van der Waals surface area contributed by atoms with Gasteiger partial charge in [-0.3, -0.25) is 10.1 Å². The molecule has 0 spiro atoms. The molecule has 3 aromatic carbocycles. The van der Waals surface area contributed by atoms with Gasteiger partial charge in [0.15, 0.2) is 23.2 Å². The van der Waals surface area contributed by atoms with E-state index in [1.54, 1.807) is 36.4 Å². The molecule has 2 heterocycles. The summed E-state index contributed by atoms with van der Waals surface area (Å²) in [5.41, 5.74) is 2.78. The van der Waals surface area contributed by atoms with Gasteiger partial charge in [0.05, 0.1) is 48.3 Å². The third-order valence-corrected chi connectivity index (χ3v) is 6.72. The topological polar surface area (TPSA) is 109 Å². The number of aromatic nitrogens is 2. The average Bonchev–Trinajstić information content (AvgIpc) is 3.36. The Balaban J connectivity index is 1.42. The Hall–Kier alpha value is -4.70. The molecule has 0 bridgehead atoms. The second-order valence-corrected chi connectivity index (χ2v) is 9.13. The molecule has 0 radical (unpaired) electrons. The van der Waals surface area contributed by atoms with Crippen LogP contribution in [0.4, 0.5) is 5.13 Å². The van der Waals surface area contributed by atoms with Crippen LogP contribution in [0.1, 0.15) is 10.4 Å². The maximum Gasteiger partial charge on any atom is 0.339 e. The fraction of sp³-hybridized carbons (Fsp3) is 0.143. The molecule has 1 amide bonds. The smallest absolute Gasteiger partial charge is 0.339 e. The minimum atomic E-state index is -0.656. The van der Waals surface area contributed by atoms with Crippen LogP contribution in [0.25, 0.3) is 32.4 Å². The van der Waals surface area contributed by atoms with Gasteiger partial charge in [-0.1, -0.05) is 41.7 Å². The second-order valence-electron chi connectivity index (χ2n) is 8.10. The van der Waals surface area contributed by atoms with E-state index in [1.807, 2.05) is 30.3 Å². The van der Waals surface area contributed by atoms with Crippen LogP contribution in [0.2, 0.25) is 0 Å². The summed E-state index contributed by atoms with van der Waals surface area (Å²) in [6.07, 6.45) is 0. The maximum atomic E-state index is 13.2. The summed E-state index contributed by atoms with van der Waals surface area (Å²) in [6, 6.07) is 19.9. The number of anilines is 1. The zero-order chi connectivity index (χ0) is 26.6. The fourth-order valence-corrected chi connectivity index (χ4v) is 4.89. The molecule has 1 N–H and O–H groups in total. The highest BCUT2D eigenvalue weighted by Gasteiger charge is 2.20. The Morgan fingerprint density at radius 2 is 1.53 bits per heavy atom. The monoisotopic (exact) mass is 529 g/mol. The number of para-hydroxylation sites is 2. The number of esters is 1. The van der Waals surface area contributed by atoms with Gasteiger partial charge in [-0.2, -0.15) is 0 Å². The van der Waals surface area contributed by atoms with E-state index in [0.717, 1.165) is 10.2 Å². The number of hydrogen-bond acceptors (Lipinski definition) is 9. The predicted molar refractivity (Wildman–Crippen MR) is 145 cm³/mol. The first-order valence-electron chi connectivity index (χ1n) is 11.5. The molecule has 0 aliphatic rings. The summed E-state index contributed by atoms with van der Waals surface area (Å²) in [7, 11) is 4.57. The second kappa shape index (κ2) is 10.7. The van der Waals surface area contributed by atoms with Crippen LogP contribution >= 0.6 is 11.3 Å². The van der Waals surface area contributed by atoms with E-state index in [-0.39, 0.29) is 5.56 Å². The number of carbonyl (C=O) groups excluding carboxylic acids is 2. The van der Waals surface area contributed by atoms with Crippen molar-refractivity contribution in [1.29, 1.82) is 0 Å². The zero-order valence-electron chi connectivity index (χ0n) is 20.8. The summed E-state index contributed by atoms with van der Waals surface area (Å²) in [5.74, 6) is 0.204. The molecule has 38 heavy (non-hydrogen) atoms. The van der Waals surface area contributed by atoms with Crippen LogP contribution < -0.4 is 19.5 Å². The number of nitrogens with zero attached hydrogens (tertiary/aromatic N) is 2. The van der Waals surface area contributed by atoms with E-state index in [0.29, 0.717) is 44.5 Å². The Bertz CT molecular complexity index is 1610. The van der Waals surface area contributed by atoms with Gasteiger partial charge in [-0.25, -0.2) is 14.8 Å². The zero-order valence-corrected chi connectivity index (χ0v) is 21.6. The molecule has 0 unspecified atom stereocenters. The summed E-state index contributed by atoms with van der Waals surface area (Å²) >= 11 is 1.34. The van der Waals surface area contributed by atoms with Gasteiger partial charge in [-0.15, -0.1) is 0 Å². The Labute approximate surface area is 222 Å². The van der Waals surface area contributed by atoms with E-state index in [1.165, 1.54) is 32.7 Å². The van der Waals surface area contributed by atoms with E-state index in [4.69, 9.17) is 23.9 Å². The van der Waals surface area contributed by atoms with Gasteiger partial charge < -0.3 is 18.9 Å². The van der Waals surface area contributed by atoms with Crippen LogP contribution in [-0.2, 0) is 9.53 Å². The molecule has 5 rings (SSSR count). The lowest BCUT2D eigenvalue weighted by atomic mass is 10.0. The molecule has 0 fully saturated rings. The first-order valence-corrected chi connectivity index (χ1v) is 12.3. The Morgan fingerprint density at radius 1 is 0.842 bits per heavy atom. The van der Waals surface area contributed by atoms with Crippen molar-refractivity contribution in [1.82, 2.24) is 9.97 Å². The molecular formula is C28H23N3O6S. The van der Waals surface area contributed by atoms with Crippen molar-refractivity contribution in [3.05, 3.63) is 72.3 Å². The van der Waals surface area contributed by atoms with Crippen molar-refractivity contribution >= 4 is 49.5 Å². The van der Waals surface area contributed by atoms with E-state index >= 15 is 0 Å². The largest absolute Gasteiger partial charge is 0.493 e. The van der Waals surface area contributed by atoms with Crippen LogP contribution in [0.3, 0.4) is 0 Å². The van der Waals surface area contributed by atoms with Crippen LogP contribution in [0.5, 0.6) is 17.2 Å². The van der Waals surface area contributed by atoms with Crippen molar-refractivity contribution in [3.63, 3.8) is 0 Å². The highest BCUT2D eigenvalue weighted by atomic mass is 32.1. The SMILES string of the molecule is COc1cc(-c2cc(C(=O)OCC(=O)Nc3nc4ccccc4s3)c3ccccc3n2)cc(OC)c1OC. The molecule has 0 aliphatic carbocycles. The van der Waals surface area contributed by atoms with Crippen LogP contribution in [0, 0.1) is 0 Å². The molecule has 2 aromatic heterocycles.